The number of aromatic nitrogens is 2. The molecule has 0 radical (unpaired) electrons. The van der Waals surface area contributed by atoms with Crippen LogP contribution in [0.2, 0.25) is 5.02 Å². The van der Waals surface area contributed by atoms with Gasteiger partial charge in [-0.3, -0.25) is 0 Å². The first-order chi connectivity index (χ1) is 9.63. The molecule has 0 unspecified atom stereocenters. The molecule has 104 valence electrons. The largest absolute Gasteiger partial charge is 0.347 e. The Bertz CT molecular complexity index is 652. The van der Waals surface area contributed by atoms with E-state index < -0.39 is 0 Å². The van der Waals surface area contributed by atoms with Crippen LogP contribution in [0.1, 0.15) is 17.0 Å². The number of hydrogen-bond acceptors (Lipinski definition) is 2. The molecule has 0 saturated heterocycles. The number of urea groups is 1. The van der Waals surface area contributed by atoms with E-state index >= 15 is 0 Å². The molecule has 3 rings (SSSR count). The summed E-state index contributed by atoms with van der Waals surface area (Å²) in [4.78, 5) is 21.3. The number of H-pyrrole nitrogens is 1. The highest BCUT2D eigenvalue weighted by molar-refractivity contribution is 6.31. The van der Waals surface area contributed by atoms with Gasteiger partial charge in [-0.05, 0) is 24.6 Å². The highest BCUT2D eigenvalue weighted by Crippen LogP contribution is 2.21. The first-order valence-corrected chi connectivity index (χ1v) is 6.84. The zero-order valence-electron chi connectivity index (χ0n) is 11.1. The van der Waals surface area contributed by atoms with Crippen molar-refractivity contribution in [2.75, 3.05) is 11.9 Å². The van der Waals surface area contributed by atoms with Crippen molar-refractivity contribution >= 4 is 23.3 Å². The fourth-order valence-corrected chi connectivity index (χ4v) is 2.44. The zero-order valence-corrected chi connectivity index (χ0v) is 11.9. The van der Waals surface area contributed by atoms with Gasteiger partial charge in [-0.15, -0.1) is 0 Å². The van der Waals surface area contributed by atoms with Gasteiger partial charge in [0.2, 0.25) is 0 Å². The summed E-state index contributed by atoms with van der Waals surface area (Å²) in [6.07, 6.45) is 2.45. The van der Waals surface area contributed by atoms with E-state index in [0.717, 1.165) is 23.4 Å². The molecule has 0 saturated carbocycles. The van der Waals surface area contributed by atoms with E-state index in [0.29, 0.717) is 23.8 Å². The molecule has 0 aliphatic carbocycles. The standard InChI is InChI=1S/C14H15ClN4O/c1-9-2-3-10(6-11(9)15)18-14(20)19-5-4-12-13(7-19)17-8-16-12/h2-3,6,8H,4-5,7H2,1H3,(H,16,17)(H,18,20). The van der Waals surface area contributed by atoms with E-state index in [-0.39, 0.29) is 6.03 Å². The van der Waals surface area contributed by atoms with E-state index in [2.05, 4.69) is 15.3 Å². The minimum atomic E-state index is -0.120. The average molecular weight is 291 g/mol. The monoisotopic (exact) mass is 290 g/mol. The van der Waals surface area contributed by atoms with Gasteiger partial charge in [0.25, 0.3) is 0 Å². The van der Waals surface area contributed by atoms with Crippen molar-refractivity contribution in [1.29, 1.82) is 0 Å². The molecule has 6 heteroatoms. The number of anilines is 1. The number of benzene rings is 1. The Morgan fingerprint density at radius 2 is 2.35 bits per heavy atom. The number of amides is 2. The van der Waals surface area contributed by atoms with E-state index in [1.807, 2.05) is 19.1 Å². The van der Waals surface area contributed by atoms with Gasteiger partial charge in [0.15, 0.2) is 0 Å². The highest BCUT2D eigenvalue weighted by atomic mass is 35.5. The first-order valence-electron chi connectivity index (χ1n) is 6.46. The van der Waals surface area contributed by atoms with Crippen LogP contribution in [0.3, 0.4) is 0 Å². The molecule has 0 bridgehead atoms. The van der Waals surface area contributed by atoms with E-state index in [4.69, 9.17) is 11.6 Å². The van der Waals surface area contributed by atoms with Crippen molar-refractivity contribution in [1.82, 2.24) is 14.9 Å². The lowest BCUT2D eigenvalue weighted by Crippen LogP contribution is -2.38. The molecule has 1 aliphatic heterocycles. The minimum Gasteiger partial charge on any atom is -0.347 e. The minimum absolute atomic E-state index is 0.120. The Balaban J connectivity index is 1.69. The van der Waals surface area contributed by atoms with Crippen molar-refractivity contribution < 1.29 is 4.79 Å². The molecular weight excluding hydrogens is 276 g/mol. The molecule has 1 aliphatic rings. The van der Waals surface area contributed by atoms with E-state index in [1.165, 1.54) is 0 Å². The molecule has 1 aromatic heterocycles. The Labute approximate surface area is 122 Å². The van der Waals surface area contributed by atoms with Crippen LogP contribution in [0.5, 0.6) is 0 Å². The molecule has 2 amide bonds. The maximum absolute atomic E-state index is 12.2. The third-order valence-electron chi connectivity index (χ3n) is 3.49. The van der Waals surface area contributed by atoms with Crippen LogP contribution in [0.4, 0.5) is 10.5 Å². The first kappa shape index (κ1) is 13.0. The van der Waals surface area contributed by atoms with Crippen molar-refractivity contribution in [3.8, 4) is 0 Å². The summed E-state index contributed by atoms with van der Waals surface area (Å²) in [5.41, 5.74) is 3.76. The van der Waals surface area contributed by atoms with Crippen LogP contribution in [0.25, 0.3) is 0 Å². The van der Waals surface area contributed by atoms with Gasteiger partial charge >= 0.3 is 6.03 Å². The average Bonchev–Trinajstić information content (AvgIpc) is 2.90. The molecule has 0 fully saturated rings. The predicted octanol–water partition coefficient (Wildman–Crippen LogP) is 2.96. The quantitative estimate of drug-likeness (QED) is 0.848. The third-order valence-corrected chi connectivity index (χ3v) is 3.89. The van der Waals surface area contributed by atoms with Crippen LogP contribution in [0, 0.1) is 6.92 Å². The summed E-state index contributed by atoms with van der Waals surface area (Å²) in [5, 5.41) is 3.52. The molecule has 5 nitrogen and oxygen atoms in total. The Hall–Kier alpha value is -2.01. The fraction of sp³-hybridized carbons (Fsp3) is 0.286. The molecule has 20 heavy (non-hydrogen) atoms. The number of carbonyl (C=O) groups excluding carboxylic acids is 1. The molecule has 2 N–H and O–H groups in total. The van der Waals surface area contributed by atoms with E-state index in [1.54, 1.807) is 17.3 Å². The second-order valence-electron chi connectivity index (χ2n) is 4.89. The Morgan fingerprint density at radius 3 is 3.15 bits per heavy atom. The molecule has 2 aromatic rings. The lowest BCUT2D eigenvalue weighted by molar-refractivity contribution is 0.205. The number of halogens is 1. The predicted molar refractivity (Wildman–Crippen MR) is 77.9 cm³/mol. The van der Waals surface area contributed by atoms with Crippen molar-refractivity contribution in [3.05, 3.63) is 46.5 Å². The van der Waals surface area contributed by atoms with Gasteiger partial charge in [0.05, 0.1) is 24.3 Å². The van der Waals surface area contributed by atoms with Crippen molar-refractivity contribution in [2.45, 2.75) is 19.9 Å². The van der Waals surface area contributed by atoms with Crippen LogP contribution < -0.4 is 5.32 Å². The Morgan fingerprint density at radius 1 is 1.50 bits per heavy atom. The van der Waals surface area contributed by atoms with Crippen LogP contribution >= 0.6 is 11.6 Å². The lowest BCUT2D eigenvalue weighted by atomic mass is 10.1. The number of carbonyl (C=O) groups is 1. The Kier molecular flexibility index (Phi) is 3.36. The number of nitrogens with zero attached hydrogens (tertiary/aromatic N) is 2. The summed E-state index contributed by atoms with van der Waals surface area (Å²) in [5.74, 6) is 0. The third kappa shape index (κ3) is 2.49. The fourth-order valence-electron chi connectivity index (χ4n) is 2.26. The summed E-state index contributed by atoms with van der Waals surface area (Å²) >= 11 is 6.06. The number of rotatable bonds is 1. The number of aromatic amines is 1. The van der Waals surface area contributed by atoms with Gasteiger partial charge < -0.3 is 15.2 Å². The van der Waals surface area contributed by atoms with Crippen molar-refractivity contribution in [2.24, 2.45) is 0 Å². The van der Waals surface area contributed by atoms with Crippen LogP contribution in [0.15, 0.2) is 24.5 Å². The van der Waals surface area contributed by atoms with Crippen LogP contribution in [-0.4, -0.2) is 27.4 Å². The second kappa shape index (κ2) is 5.17. The molecular formula is C14H15ClN4O. The maximum atomic E-state index is 12.2. The molecule has 2 heterocycles. The number of imidazole rings is 1. The van der Waals surface area contributed by atoms with E-state index in [9.17, 15) is 4.79 Å². The number of fused-ring (bicyclic) bond motifs is 1. The number of aryl methyl sites for hydroxylation is 1. The summed E-state index contributed by atoms with van der Waals surface area (Å²) in [7, 11) is 0. The second-order valence-corrected chi connectivity index (χ2v) is 5.30. The van der Waals surface area contributed by atoms with Gasteiger partial charge in [0, 0.05) is 23.7 Å². The molecule has 0 spiro atoms. The highest BCUT2D eigenvalue weighted by Gasteiger charge is 2.22. The molecule has 0 atom stereocenters. The van der Waals surface area contributed by atoms with Crippen LogP contribution in [-0.2, 0) is 13.0 Å². The maximum Gasteiger partial charge on any atom is 0.322 e. The van der Waals surface area contributed by atoms with Crippen molar-refractivity contribution in [3.63, 3.8) is 0 Å². The summed E-state index contributed by atoms with van der Waals surface area (Å²) < 4.78 is 0. The van der Waals surface area contributed by atoms with Gasteiger partial charge in [-0.25, -0.2) is 9.78 Å². The number of nitrogens with one attached hydrogen (secondary N) is 2. The number of hydrogen-bond donors (Lipinski definition) is 2. The molecule has 1 aromatic carbocycles. The topological polar surface area (TPSA) is 61.0 Å². The smallest absolute Gasteiger partial charge is 0.322 e. The normalized spacial score (nSPS) is 14.0. The SMILES string of the molecule is Cc1ccc(NC(=O)N2CCc3nc[nH]c3C2)cc1Cl. The van der Waals surface area contributed by atoms with Gasteiger partial charge in [-0.2, -0.15) is 0 Å². The summed E-state index contributed by atoms with van der Waals surface area (Å²) in [6.45, 7) is 3.16. The summed E-state index contributed by atoms with van der Waals surface area (Å²) in [6, 6.07) is 5.39. The lowest BCUT2D eigenvalue weighted by Gasteiger charge is -2.26. The zero-order chi connectivity index (χ0) is 14.1. The van der Waals surface area contributed by atoms with Gasteiger partial charge in [-0.1, -0.05) is 17.7 Å². The van der Waals surface area contributed by atoms with Gasteiger partial charge in [0.1, 0.15) is 0 Å².